The molecular weight excluding hydrogens is 210 g/mol. The number of rotatable bonds is 6. The Labute approximate surface area is 94.0 Å². The van der Waals surface area contributed by atoms with Gasteiger partial charge < -0.3 is 20.3 Å². The van der Waals surface area contributed by atoms with Gasteiger partial charge in [0.25, 0.3) is 5.91 Å². The van der Waals surface area contributed by atoms with Crippen molar-refractivity contribution in [2.75, 3.05) is 20.1 Å². The molecule has 0 atom stereocenters. The molecule has 1 aromatic rings. The number of aromatic nitrogens is 1. The second-order valence-electron chi connectivity index (χ2n) is 3.45. The van der Waals surface area contributed by atoms with E-state index in [-0.39, 0.29) is 18.2 Å². The smallest absolute Gasteiger partial charge is 0.273 e. The normalized spacial score (nSPS) is 10.4. The summed E-state index contributed by atoms with van der Waals surface area (Å²) in [6.07, 6.45) is 0.853. The number of aliphatic hydroxyl groups is 1. The second-order valence-corrected chi connectivity index (χ2v) is 3.45. The maximum atomic E-state index is 11.6. The summed E-state index contributed by atoms with van der Waals surface area (Å²) in [5, 5.41) is 18.2. The van der Waals surface area contributed by atoms with Crippen molar-refractivity contribution in [3.63, 3.8) is 0 Å². The van der Waals surface area contributed by atoms with Crippen molar-refractivity contribution in [1.29, 1.82) is 0 Å². The average molecular weight is 227 g/mol. The number of aliphatic hydroxyl groups excluding tert-OH is 1. The van der Waals surface area contributed by atoms with Crippen LogP contribution in [-0.4, -0.2) is 36.3 Å². The second kappa shape index (κ2) is 6.24. The molecular formula is C10H17N3O3. The van der Waals surface area contributed by atoms with E-state index in [2.05, 4.69) is 15.8 Å². The molecule has 0 saturated carbocycles. The van der Waals surface area contributed by atoms with Gasteiger partial charge in [-0.3, -0.25) is 4.79 Å². The highest BCUT2D eigenvalue weighted by Gasteiger charge is 2.17. The van der Waals surface area contributed by atoms with Crippen molar-refractivity contribution >= 4 is 5.91 Å². The molecule has 0 aliphatic rings. The Morgan fingerprint density at radius 3 is 2.81 bits per heavy atom. The number of hydrogen-bond donors (Lipinski definition) is 3. The number of hydrogen-bond acceptors (Lipinski definition) is 5. The van der Waals surface area contributed by atoms with E-state index in [9.17, 15) is 4.79 Å². The predicted molar refractivity (Wildman–Crippen MR) is 58.0 cm³/mol. The summed E-state index contributed by atoms with van der Waals surface area (Å²) >= 11 is 0. The van der Waals surface area contributed by atoms with Crippen LogP contribution in [0.1, 0.15) is 28.2 Å². The van der Waals surface area contributed by atoms with E-state index in [1.54, 1.807) is 6.92 Å². The summed E-state index contributed by atoms with van der Waals surface area (Å²) in [5.41, 5.74) is 0.835. The topological polar surface area (TPSA) is 87.4 Å². The third-order valence-electron chi connectivity index (χ3n) is 2.27. The van der Waals surface area contributed by atoms with E-state index in [1.807, 2.05) is 7.05 Å². The van der Waals surface area contributed by atoms with Crippen LogP contribution >= 0.6 is 0 Å². The van der Waals surface area contributed by atoms with Crippen molar-refractivity contribution in [1.82, 2.24) is 15.8 Å². The standard InChI is InChI=1S/C10H17N3O3/c1-7-8(6-14)16-13-9(7)10(15)12-5-3-4-11-2/h11,14H,3-6H2,1-2H3,(H,12,15). The van der Waals surface area contributed by atoms with Crippen molar-refractivity contribution in [2.45, 2.75) is 20.0 Å². The van der Waals surface area contributed by atoms with Gasteiger partial charge in [0.05, 0.1) is 0 Å². The molecule has 0 spiro atoms. The van der Waals surface area contributed by atoms with Gasteiger partial charge in [-0.1, -0.05) is 5.16 Å². The molecule has 1 heterocycles. The van der Waals surface area contributed by atoms with Crippen molar-refractivity contribution in [3.8, 4) is 0 Å². The fourth-order valence-electron chi connectivity index (χ4n) is 1.28. The van der Waals surface area contributed by atoms with Gasteiger partial charge in [-0.2, -0.15) is 0 Å². The van der Waals surface area contributed by atoms with Gasteiger partial charge in [0, 0.05) is 12.1 Å². The SMILES string of the molecule is CNCCCNC(=O)c1noc(CO)c1C. The molecule has 0 aromatic carbocycles. The van der Waals surface area contributed by atoms with Crippen LogP contribution in [0.3, 0.4) is 0 Å². The molecule has 6 nitrogen and oxygen atoms in total. The molecule has 0 unspecified atom stereocenters. The fourth-order valence-corrected chi connectivity index (χ4v) is 1.28. The first-order valence-electron chi connectivity index (χ1n) is 5.19. The Morgan fingerprint density at radius 1 is 1.50 bits per heavy atom. The lowest BCUT2D eigenvalue weighted by atomic mass is 10.2. The lowest BCUT2D eigenvalue weighted by molar-refractivity contribution is 0.0943. The maximum absolute atomic E-state index is 11.6. The summed E-state index contributed by atoms with van der Waals surface area (Å²) in [7, 11) is 1.86. The number of nitrogens with one attached hydrogen (secondary N) is 2. The lowest BCUT2D eigenvalue weighted by Gasteiger charge is -2.02. The minimum absolute atomic E-state index is 0.244. The Balaban J connectivity index is 2.49. The van der Waals surface area contributed by atoms with Gasteiger partial charge in [-0.15, -0.1) is 0 Å². The molecule has 16 heavy (non-hydrogen) atoms. The molecule has 1 amide bonds. The molecule has 0 radical (unpaired) electrons. The van der Waals surface area contributed by atoms with Crippen molar-refractivity contribution < 1.29 is 14.4 Å². The number of amides is 1. The van der Waals surface area contributed by atoms with Gasteiger partial charge in [0.1, 0.15) is 6.61 Å². The lowest BCUT2D eigenvalue weighted by Crippen LogP contribution is -2.27. The number of carbonyl (C=O) groups is 1. The average Bonchev–Trinajstić information content (AvgIpc) is 2.65. The molecule has 3 N–H and O–H groups in total. The summed E-state index contributed by atoms with van der Waals surface area (Å²) in [6.45, 7) is 2.89. The van der Waals surface area contributed by atoms with Crippen LogP contribution in [0.2, 0.25) is 0 Å². The van der Waals surface area contributed by atoms with Gasteiger partial charge in [-0.05, 0) is 26.9 Å². The monoisotopic (exact) mass is 227 g/mol. The Morgan fingerprint density at radius 2 is 2.25 bits per heavy atom. The zero-order valence-electron chi connectivity index (χ0n) is 9.54. The first kappa shape index (κ1) is 12.7. The van der Waals surface area contributed by atoms with E-state index in [0.717, 1.165) is 13.0 Å². The summed E-state index contributed by atoms with van der Waals surface area (Å²) in [6, 6.07) is 0. The zero-order chi connectivity index (χ0) is 12.0. The summed E-state index contributed by atoms with van der Waals surface area (Å²) in [4.78, 5) is 11.6. The fraction of sp³-hybridized carbons (Fsp3) is 0.600. The molecule has 1 aromatic heterocycles. The van der Waals surface area contributed by atoms with Crippen LogP contribution < -0.4 is 10.6 Å². The maximum Gasteiger partial charge on any atom is 0.273 e. The molecule has 0 bridgehead atoms. The van der Waals surface area contributed by atoms with Gasteiger partial charge in [0.15, 0.2) is 11.5 Å². The summed E-state index contributed by atoms with van der Waals surface area (Å²) in [5.74, 6) is 0.0671. The molecule has 0 fully saturated rings. The highest BCUT2D eigenvalue weighted by Crippen LogP contribution is 2.12. The van der Waals surface area contributed by atoms with E-state index < -0.39 is 0 Å². The third-order valence-corrected chi connectivity index (χ3v) is 2.27. The first-order valence-corrected chi connectivity index (χ1v) is 5.19. The van der Waals surface area contributed by atoms with E-state index in [4.69, 9.17) is 9.63 Å². The quantitative estimate of drug-likeness (QED) is 0.586. The third kappa shape index (κ3) is 3.04. The molecule has 90 valence electrons. The molecule has 0 aliphatic carbocycles. The van der Waals surface area contributed by atoms with E-state index in [1.165, 1.54) is 0 Å². The van der Waals surface area contributed by atoms with Crippen LogP contribution in [0, 0.1) is 6.92 Å². The first-order chi connectivity index (χ1) is 7.70. The molecule has 6 heteroatoms. The van der Waals surface area contributed by atoms with Gasteiger partial charge in [0.2, 0.25) is 0 Å². The number of nitrogens with zero attached hydrogens (tertiary/aromatic N) is 1. The van der Waals surface area contributed by atoms with Crippen LogP contribution in [0.25, 0.3) is 0 Å². The Bertz CT molecular complexity index is 349. The minimum Gasteiger partial charge on any atom is -0.388 e. The molecule has 1 rings (SSSR count). The van der Waals surface area contributed by atoms with E-state index >= 15 is 0 Å². The van der Waals surface area contributed by atoms with Gasteiger partial charge in [-0.25, -0.2) is 0 Å². The number of carbonyl (C=O) groups excluding carboxylic acids is 1. The van der Waals surface area contributed by atoms with Crippen molar-refractivity contribution in [2.24, 2.45) is 0 Å². The van der Waals surface area contributed by atoms with Crippen LogP contribution in [0.4, 0.5) is 0 Å². The highest BCUT2D eigenvalue weighted by atomic mass is 16.5. The van der Waals surface area contributed by atoms with Crippen molar-refractivity contribution in [3.05, 3.63) is 17.0 Å². The Kier molecular flexibility index (Phi) is 4.94. The van der Waals surface area contributed by atoms with Crippen LogP contribution in [0.5, 0.6) is 0 Å². The van der Waals surface area contributed by atoms with Crippen LogP contribution in [0.15, 0.2) is 4.52 Å². The van der Waals surface area contributed by atoms with Crippen LogP contribution in [-0.2, 0) is 6.61 Å². The minimum atomic E-state index is -0.267. The Hall–Kier alpha value is -1.40. The van der Waals surface area contributed by atoms with E-state index in [0.29, 0.717) is 17.9 Å². The molecule has 0 saturated heterocycles. The largest absolute Gasteiger partial charge is 0.388 e. The van der Waals surface area contributed by atoms with Gasteiger partial charge >= 0.3 is 0 Å². The highest BCUT2D eigenvalue weighted by molar-refractivity contribution is 5.93. The molecule has 0 aliphatic heterocycles. The predicted octanol–water partition coefficient (Wildman–Crippen LogP) is -0.185. The summed E-state index contributed by atoms with van der Waals surface area (Å²) < 4.78 is 4.82. The zero-order valence-corrected chi connectivity index (χ0v) is 9.54.